The summed E-state index contributed by atoms with van der Waals surface area (Å²) in [5.74, 6) is 0.597. The van der Waals surface area contributed by atoms with Gasteiger partial charge in [0, 0.05) is 24.0 Å². The number of hydrogen-bond acceptors (Lipinski definition) is 6. The van der Waals surface area contributed by atoms with Crippen LogP contribution in [0.4, 0.5) is 0 Å². The van der Waals surface area contributed by atoms with Crippen molar-refractivity contribution in [2.75, 3.05) is 0 Å². The number of rotatable bonds is 3. The van der Waals surface area contributed by atoms with Crippen LogP contribution in [0.3, 0.4) is 0 Å². The largest absolute Gasteiger partial charge is 0.359 e. The average molecular weight is 324 g/mol. The second kappa shape index (κ2) is 5.44. The zero-order chi connectivity index (χ0) is 15.8. The van der Waals surface area contributed by atoms with Crippen molar-refractivity contribution >= 4 is 21.6 Å². The van der Waals surface area contributed by atoms with Crippen LogP contribution < -0.4 is 5.56 Å². The summed E-state index contributed by atoms with van der Waals surface area (Å²) in [5, 5.41) is 6.65. The van der Waals surface area contributed by atoms with Gasteiger partial charge in [0.15, 0.2) is 5.76 Å². The zero-order valence-corrected chi connectivity index (χ0v) is 13.1. The number of pyridine rings is 1. The number of aryl methyl sites for hydroxylation is 1. The van der Waals surface area contributed by atoms with Gasteiger partial charge in [-0.3, -0.25) is 14.3 Å². The van der Waals surface area contributed by atoms with Crippen LogP contribution >= 0.6 is 11.3 Å². The molecule has 0 radical (unpaired) electrons. The molecule has 0 saturated heterocycles. The molecule has 0 spiro atoms. The summed E-state index contributed by atoms with van der Waals surface area (Å²) in [4.78, 5) is 21.7. The minimum Gasteiger partial charge on any atom is -0.359 e. The number of hydrogen-bond donors (Lipinski definition) is 0. The van der Waals surface area contributed by atoms with Crippen LogP contribution in [-0.4, -0.2) is 19.7 Å². The van der Waals surface area contributed by atoms with E-state index in [1.165, 1.54) is 15.9 Å². The molecule has 0 atom stereocenters. The highest BCUT2D eigenvalue weighted by atomic mass is 32.1. The van der Waals surface area contributed by atoms with Crippen molar-refractivity contribution in [3.05, 3.63) is 64.0 Å². The lowest BCUT2D eigenvalue weighted by Crippen LogP contribution is -2.20. The Hall–Kier alpha value is -2.80. The molecule has 0 unspecified atom stereocenters. The van der Waals surface area contributed by atoms with Gasteiger partial charge in [-0.15, -0.1) is 11.3 Å². The molecule has 7 heteroatoms. The predicted molar refractivity (Wildman–Crippen MR) is 87.5 cm³/mol. The highest BCUT2D eigenvalue weighted by Gasteiger charge is 2.12. The zero-order valence-electron chi connectivity index (χ0n) is 12.3. The summed E-state index contributed by atoms with van der Waals surface area (Å²) in [7, 11) is 0. The fourth-order valence-corrected chi connectivity index (χ4v) is 3.30. The lowest BCUT2D eigenvalue weighted by Gasteiger charge is -2.02. The standard InChI is InChI=1S/C16H12N4O2S/c1-10-8-23-15-14(10)16(21)20(9-18-15)7-12-5-13(19-22-12)11-3-2-4-17-6-11/h2-6,8-9H,7H2,1H3. The Morgan fingerprint density at radius 3 is 3.13 bits per heavy atom. The van der Waals surface area contributed by atoms with Crippen LogP contribution in [0.25, 0.3) is 21.5 Å². The third-order valence-electron chi connectivity index (χ3n) is 3.59. The van der Waals surface area contributed by atoms with Crippen molar-refractivity contribution in [3.63, 3.8) is 0 Å². The van der Waals surface area contributed by atoms with Gasteiger partial charge in [-0.05, 0) is 30.0 Å². The molecule has 4 aromatic rings. The molecule has 0 aliphatic rings. The van der Waals surface area contributed by atoms with Gasteiger partial charge in [-0.25, -0.2) is 4.98 Å². The Balaban J connectivity index is 1.69. The minimum atomic E-state index is -0.0620. The van der Waals surface area contributed by atoms with Crippen molar-refractivity contribution in [2.24, 2.45) is 0 Å². The average Bonchev–Trinajstić information content (AvgIpc) is 3.18. The summed E-state index contributed by atoms with van der Waals surface area (Å²) in [6.45, 7) is 2.21. The number of fused-ring (bicyclic) bond motifs is 1. The van der Waals surface area contributed by atoms with E-state index < -0.39 is 0 Å². The quantitative estimate of drug-likeness (QED) is 0.579. The van der Waals surface area contributed by atoms with E-state index in [9.17, 15) is 4.79 Å². The summed E-state index contributed by atoms with van der Waals surface area (Å²) in [6.07, 6.45) is 4.97. The molecule has 23 heavy (non-hydrogen) atoms. The molecule has 0 aliphatic carbocycles. The summed E-state index contributed by atoms with van der Waals surface area (Å²) < 4.78 is 6.88. The molecule has 0 saturated carbocycles. The van der Waals surface area contributed by atoms with Gasteiger partial charge >= 0.3 is 0 Å². The van der Waals surface area contributed by atoms with E-state index in [2.05, 4.69) is 15.1 Å². The van der Waals surface area contributed by atoms with Gasteiger partial charge < -0.3 is 4.52 Å². The van der Waals surface area contributed by atoms with Gasteiger partial charge in [0.25, 0.3) is 5.56 Å². The molecular formula is C16H12N4O2S. The van der Waals surface area contributed by atoms with E-state index in [4.69, 9.17) is 4.52 Å². The first-order chi connectivity index (χ1) is 11.2. The van der Waals surface area contributed by atoms with Crippen molar-refractivity contribution in [1.82, 2.24) is 19.7 Å². The minimum absolute atomic E-state index is 0.0620. The monoisotopic (exact) mass is 324 g/mol. The fraction of sp³-hybridized carbons (Fsp3) is 0.125. The maximum absolute atomic E-state index is 12.5. The maximum Gasteiger partial charge on any atom is 0.262 e. The Kier molecular flexibility index (Phi) is 3.27. The molecule has 114 valence electrons. The first-order valence-corrected chi connectivity index (χ1v) is 7.89. The predicted octanol–water partition coefficient (Wildman–Crippen LogP) is 2.86. The van der Waals surface area contributed by atoms with Crippen LogP contribution in [0.5, 0.6) is 0 Å². The van der Waals surface area contributed by atoms with Gasteiger partial charge in [-0.1, -0.05) is 5.16 Å². The van der Waals surface area contributed by atoms with Crippen LogP contribution in [0.1, 0.15) is 11.3 Å². The van der Waals surface area contributed by atoms with Crippen molar-refractivity contribution < 1.29 is 4.52 Å². The van der Waals surface area contributed by atoms with E-state index in [1.807, 2.05) is 30.5 Å². The highest BCUT2D eigenvalue weighted by Crippen LogP contribution is 2.20. The summed E-state index contributed by atoms with van der Waals surface area (Å²) >= 11 is 1.48. The second-order valence-electron chi connectivity index (χ2n) is 5.20. The van der Waals surface area contributed by atoms with Crippen molar-refractivity contribution in [2.45, 2.75) is 13.5 Å². The topological polar surface area (TPSA) is 73.8 Å². The Morgan fingerprint density at radius 1 is 1.39 bits per heavy atom. The van der Waals surface area contributed by atoms with Gasteiger partial charge in [0.2, 0.25) is 0 Å². The van der Waals surface area contributed by atoms with Gasteiger partial charge in [0.05, 0.1) is 18.3 Å². The van der Waals surface area contributed by atoms with Gasteiger partial charge in [0.1, 0.15) is 10.5 Å². The molecule has 4 heterocycles. The van der Waals surface area contributed by atoms with E-state index in [-0.39, 0.29) is 5.56 Å². The van der Waals surface area contributed by atoms with Crippen LogP contribution in [-0.2, 0) is 6.54 Å². The smallest absolute Gasteiger partial charge is 0.262 e. The molecule has 0 amide bonds. The van der Waals surface area contributed by atoms with E-state index in [0.29, 0.717) is 23.4 Å². The summed E-state index contributed by atoms with van der Waals surface area (Å²) in [6, 6.07) is 5.56. The van der Waals surface area contributed by atoms with E-state index in [0.717, 1.165) is 16.0 Å². The number of nitrogens with zero attached hydrogens (tertiary/aromatic N) is 4. The molecule has 0 N–H and O–H groups in total. The molecule has 0 aliphatic heterocycles. The van der Waals surface area contributed by atoms with Crippen LogP contribution in [0.2, 0.25) is 0 Å². The van der Waals surface area contributed by atoms with E-state index >= 15 is 0 Å². The first kappa shape index (κ1) is 13.8. The molecule has 6 nitrogen and oxygen atoms in total. The van der Waals surface area contributed by atoms with Gasteiger partial charge in [-0.2, -0.15) is 0 Å². The Morgan fingerprint density at radius 2 is 2.30 bits per heavy atom. The van der Waals surface area contributed by atoms with Crippen LogP contribution in [0.15, 0.2) is 51.6 Å². The molecule has 0 bridgehead atoms. The number of aromatic nitrogens is 4. The first-order valence-electron chi connectivity index (χ1n) is 7.01. The molecule has 4 rings (SSSR count). The fourth-order valence-electron chi connectivity index (χ4n) is 2.42. The molecule has 0 aromatic carbocycles. The SMILES string of the molecule is Cc1csc2ncn(Cc3cc(-c4cccnc4)no3)c(=O)c12. The molecule has 4 aromatic heterocycles. The highest BCUT2D eigenvalue weighted by molar-refractivity contribution is 7.16. The van der Waals surface area contributed by atoms with Crippen molar-refractivity contribution in [3.8, 4) is 11.3 Å². The third kappa shape index (κ3) is 2.44. The summed E-state index contributed by atoms with van der Waals surface area (Å²) in [5.41, 5.74) is 2.46. The second-order valence-corrected chi connectivity index (χ2v) is 6.05. The van der Waals surface area contributed by atoms with E-state index in [1.54, 1.807) is 18.7 Å². The maximum atomic E-state index is 12.5. The molecule has 0 fully saturated rings. The lowest BCUT2D eigenvalue weighted by molar-refractivity contribution is 0.376. The van der Waals surface area contributed by atoms with Crippen molar-refractivity contribution in [1.29, 1.82) is 0 Å². The normalized spacial score (nSPS) is 11.2. The third-order valence-corrected chi connectivity index (χ3v) is 4.59. The Labute approximate surface area is 135 Å². The van der Waals surface area contributed by atoms with Crippen LogP contribution in [0, 0.1) is 6.92 Å². The lowest BCUT2D eigenvalue weighted by atomic mass is 10.2. The Bertz CT molecular complexity index is 1030. The number of thiophene rings is 1. The molecular weight excluding hydrogens is 312 g/mol.